The van der Waals surface area contributed by atoms with E-state index in [0.717, 1.165) is 22.3 Å². The van der Waals surface area contributed by atoms with Crippen LogP contribution < -0.4 is 0 Å². The number of aromatic nitrogens is 2. The average molecular weight is 236 g/mol. The molecule has 3 rings (SSSR count). The third-order valence-corrected chi connectivity index (χ3v) is 2.95. The molecule has 0 atom stereocenters. The molecule has 0 saturated carbocycles. The molecule has 2 aromatic heterocycles. The summed E-state index contributed by atoms with van der Waals surface area (Å²) in [5.74, 6) is -0.00291. The summed E-state index contributed by atoms with van der Waals surface area (Å²) in [5.41, 5.74) is 2.57. The molecule has 88 valence electrons. The summed E-state index contributed by atoms with van der Waals surface area (Å²) in [4.78, 5) is 16.2. The molecule has 0 aliphatic carbocycles. The Morgan fingerprint density at radius 2 is 1.89 bits per heavy atom. The lowest BCUT2D eigenvalue weighted by Crippen LogP contribution is -2.07. The van der Waals surface area contributed by atoms with Crippen molar-refractivity contribution in [3.8, 4) is 11.4 Å². The van der Waals surface area contributed by atoms with Crippen LogP contribution in [0.4, 0.5) is 0 Å². The zero-order valence-corrected chi connectivity index (χ0v) is 10.00. The maximum atomic E-state index is 11.8. The van der Waals surface area contributed by atoms with Gasteiger partial charge >= 0.3 is 0 Å². The van der Waals surface area contributed by atoms with Crippen LogP contribution in [-0.4, -0.2) is 15.5 Å². The van der Waals surface area contributed by atoms with Gasteiger partial charge in [-0.15, -0.1) is 0 Å². The van der Waals surface area contributed by atoms with E-state index in [1.165, 1.54) is 0 Å². The first kappa shape index (κ1) is 10.7. The number of fused-ring (bicyclic) bond motifs is 1. The van der Waals surface area contributed by atoms with Crippen LogP contribution in [0.1, 0.15) is 11.7 Å². The van der Waals surface area contributed by atoms with Gasteiger partial charge in [0.15, 0.2) is 0 Å². The number of para-hydroxylation sites is 1. The second-order valence-corrected chi connectivity index (χ2v) is 4.16. The van der Waals surface area contributed by atoms with Crippen molar-refractivity contribution in [2.24, 2.45) is 0 Å². The Morgan fingerprint density at radius 3 is 2.61 bits per heavy atom. The number of rotatable bonds is 1. The van der Waals surface area contributed by atoms with Gasteiger partial charge in [0.2, 0.25) is 5.91 Å². The molecule has 0 unspecified atom stereocenters. The summed E-state index contributed by atoms with van der Waals surface area (Å²) >= 11 is 0. The molecule has 3 heteroatoms. The third kappa shape index (κ3) is 1.61. The van der Waals surface area contributed by atoms with Crippen LogP contribution in [0.15, 0.2) is 54.7 Å². The first-order valence-electron chi connectivity index (χ1n) is 5.80. The fourth-order valence-corrected chi connectivity index (χ4v) is 2.20. The van der Waals surface area contributed by atoms with Gasteiger partial charge in [0.1, 0.15) is 0 Å². The Balaban J connectivity index is 2.36. The van der Waals surface area contributed by atoms with Crippen LogP contribution in [0.2, 0.25) is 0 Å². The zero-order chi connectivity index (χ0) is 12.5. The van der Waals surface area contributed by atoms with Gasteiger partial charge in [0.25, 0.3) is 0 Å². The van der Waals surface area contributed by atoms with E-state index in [0.29, 0.717) is 0 Å². The minimum Gasteiger partial charge on any atom is -0.278 e. The molecule has 0 fully saturated rings. The molecular formula is C15H12N2O. The van der Waals surface area contributed by atoms with Crippen molar-refractivity contribution >= 4 is 16.8 Å². The molecule has 0 aliphatic rings. The highest BCUT2D eigenvalue weighted by atomic mass is 16.1. The topological polar surface area (TPSA) is 34.9 Å². The van der Waals surface area contributed by atoms with E-state index in [9.17, 15) is 4.79 Å². The Kier molecular flexibility index (Phi) is 2.45. The van der Waals surface area contributed by atoms with Crippen molar-refractivity contribution in [2.45, 2.75) is 6.92 Å². The maximum absolute atomic E-state index is 11.8. The van der Waals surface area contributed by atoms with Crippen LogP contribution >= 0.6 is 0 Å². The van der Waals surface area contributed by atoms with Crippen molar-refractivity contribution in [1.82, 2.24) is 9.55 Å². The highest BCUT2D eigenvalue weighted by molar-refractivity contribution is 5.97. The predicted octanol–water partition coefficient (Wildman–Crippen LogP) is 3.36. The molecule has 2 heterocycles. The first-order chi connectivity index (χ1) is 8.77. The number of carbonyl (C=O) groups is 1. The summed E-state index contributed by atoms with van der Waals surface area (Å²) in [6.45, 7) is 1.57. The second-order valence-electron chi connectivity index (χ2n) is 4.16. The number of hydrogen-bond donors (Lipinski definition) is 0. The summed E-state index contributed by atoms with van der Waals surface area (Å²) < 4.78 is 1.71. The van der Waals surface area contributed by atoms with Crippen molar-refractivity contribution in [2.75, 3.05) is 0 Å². The number of carbonyl (C=O) groups excluding carboxylic acids is 1. The van der Waals surface area contributed by atoms with Gasteiger partial charge in [-0.3, -0.25) is 14.3 Å². The Hall–Kier alpha value is -2.42. The van der Waals surface area contributed by atoms with Crippen molar-refractivity contribution in [3.05, 3.63) is 54.7 Å². The van der Waals surface area contributed by atoms with Gasteiger partial charge in [-0.2, -0.15) is 0 Å². The lowest BCUT2D eigenvalue weighted by Gasteiger charge is -2.05. The van der Waals surface area contributed by atoms with Crippen LogP contribution in [0.25, 0.3) is 22.3 Å². The molecule has 0 radical (unpaired) electrons. The normalized spacial score (nSPS) is 10.7. The first-order valence-corrected chi connectivity index (χ1v) is 5.80. The molecule has 0 saturated heterocycles. The van der Waals surface area contributed by atoms with E-state index in [-0.39, 0.29) is 5.91 Å². The van der Waals surface area contributed by atoms with Gasteiger partial charge in [-0.25, -0.2) is 0 Å². The molecule has 0 aliphatic heterocycles. The van der Waals surface area contributed by atoms with Gasteiger partial charge in [-0.1, -0.05) is 24.3 Å². The molecule has 0 spiro atoms. The Labute approximate surface area is 105 Å². The molecule has 1 aromatic carbocycles. The molecule has 0 amide bonds. The van der Waals surface area contributed by atoms with E-state index in [2.05, 4.69) is 4.98 Å². The van der Waals surface area contributed by atoms with Gasteiger partial charge in [0.05, 0.1) is 16.9 Å². The molecular weight excluding hydrogens is 224 g/mol. The molecule has 3 aromatic rings. The SMILES string of the molecule is CC(=O)n1c(-c2ccccn2)cc2ccccc21. The van der Waals surface area contributed by atoms with Crippen molar-refractivity contribution in [1.29, 1.82) is 0 Å². The minimum absolute atomic E-state index is 0.00291. The summed E-state index contributed by atoms with van der Waals surface area (Å²) in [6, 6.07) is 15.5. The van der Waals surface area contributed by atoms with Crippen LogP contribution in [0, 0.1) is 0 Å². The molecule has 3 nitrogen and oxygen atoms in total. The summed E-state index contributed by atoms with van der Waals surface area (Å²) in [6.07, 6.45) is 1.73. The highest BCUT2D eigenvalue weighted by Gasteiger charge is 2.13. The van der Waals surface area contributed by atoms with E-state index in [4.69, 9.17) is 0 Å². The monoisotopic (exact) mass is 236 g/mol. The Morgan fingerprint density at radius 1 is 1.11 bits per heavy atom. The van der Waals surface area contributed by atoms with Crippen LogP contribution in [0.3, 0.4) is 0 Å². The smallest absolute Gasteiger partial charge is 0.228 e. The van der Waals surface area contributed by atoms with Crippen molar-refractivity contribution < 1.29 is 4.79 Å². The number of hydrogen-bond acceptors (Lipinski definition) is 2. The number of benzene rings is 1. The Bertz CT molecular complexity index is 714. The third-order valence-electron chi connectivity index (χ3n) is 2.95. The minimum atomic E-state index is -0.00291. The highest BCUT2D eigenvalue weighted by Crippen LogP contribution is 2.26. The van der Waals surface area contributed by atoms with Gasteiger partial charge < -0.3 is 0 Å². The fourth-order valence-electron chi connectivity index (χ4n) is 2.20. The fraction of sp³-hybridized carbons (Fsp3) is 0.0667. The molecule has 0 bridgehead atoms. The maximum Gasteiger partial charge on any atom is 0.228 e. The summed E-state index contributed by atoms with van der Waals surface area (Å²) in [5, 5.41) is 1.05. The lowest BCUT2D eigenvalue weighted by atomic mass is 10.2. The number of nitrogens with zero attached hydrogens (tertiary/aromatic N) is 2. The lowest BCUT2D eigenvalue weighted by molar-refractivity contribution is 0.0943. The molecule has 0 N–H and O–H groups in total. The van der Waals surface area contributed by atoms with E-state index in [1.807, 2.05) is 48.5 Å². The van der Waals surface area contributed by atoms with E-state index >= 15 is 0 Å². The summed E-state index contributed by atoms with van der Waals surface area (Å²) in [7, 11) is 0. The average Bonchev–Trinajstić information content (AvgIpc) is 2.79. The predicted molar refractivity (Wildman–Crippen MR) is 71.5 cm³/mol. The van der Waals surface area contributed by atoms with E-state index in [1.54, 1.807) is 17.7 Å². The zero-order valence-electron chi connectivity index (χ0n) is 10.00. The van der Waals surface area contributed by atoms with Crippen molar-refractivity contribution in [3.63, 3.8) is 0 Å². The van der Waals surface area contributed by atoms with Crippen LogP contribution in [-0.2, 0) is 0 Å². The largest absolute Gasteiger partial charge is 0.278 e. The standard InChI is InChI=1S/C15H12N2O/c1-11(18)17-14-8-3-2-6-12(14)10-15(17)13-7-4-5-9-16-13/h2-10H,1H3. The second kappa shape index (κ2) is 4.11. The van der Waals surface area contributed by atoms with E-state index < -0.39 is 0 Å². The molecule has 18 heavy (non-hydrogen) atoms. The van der Waals surface area contributed by atoms with Crippen LogP contribution in [0.5, 0.6) is 0 Å². The van der Waals surface area contributed by atoms with Gasteiger partial charge in [-0.05, 0) is 24.3 Å². The van der Waals surface area contributed by atoms with Gasteiger partial charge in [0, 0.05) is 18.5 Å². The number of pyridine rings is 1. The quantitative estimate of drug-likeness (QED) is 0.649.